The highest BCUT2D eigenvalue weighted by molar-refractivity contribution is 5.94. The lowest BCUT2D eigenvalue weighted by atomic mass is 10.1. The molecule has 5 nitrogen and oxygen atoms in total. The Morgan fingerprint density at radius 1 is 1.26 bits per heavy atom. The van der Waals surface area contributed by atoms with Gasteiger partial charge in [-0.2, -0.15) is 0 Å². The Morgan fingerprint density at radius 2 is 2.04 bits per heavy atom. The van der Waals surface area contributed by atoms with Gasteiger partial charge in [0, 0.05) is 11.5 Å². The van der Waals surface area contributed by atoms with E-state index in [0.717, 1.165) is 10.8 Å². The van der Waals surface area contributed by atoms with Crippen molar-refractivity contribution in [1.82, 2.24) is 5.16 Å². The SMILES string of the molecule is CC[C@H](Oc1cccc2ccccc12)C(=O)Nc1cc(C)on1. The van der Waals surface area contributed by atoms with E-state index in [1.54, 1.807) is 13.0 Å². The maximum absolute atomic E-state index is 12.4. The van der Waals surface area contributed by atoms with Gasteiger partial charge in [0.25, 0.3) is 5.91 Å². The zero-order chi connectivity index (χ0) is 16.2. The van der Waals surface area contributed by atoms with Crippen LogP contribution in [0.25, 0.3) is 10.8 Å². The standard InChI is InChI=1S/C18H18N2O3/c1-3-15(18(21)19-17-11-12(2)23-20-17)22-16-10-6-8-13-7-4-5-9-14(13)16/h4-11,15H,3H2,1-2H3,(H,19,20,21)/t15-/m0/s1. The van der Waals surface area contributed by atoms with Crippen LogP contribution in [0.3, 0.4) is 0 Å². The number of carbonyl (C=O) groups is 1. The summed E-state index contributed by atoms with van der Waals surface area (Å²) >= 11 is 0. The summed E-state index contributed by atoms with van der Waals surface area (Å²) in [6, 6.07) is 15.4. The van der Waals surface area contributed by atoms with Gasteiger partial charge in [-0.1, -0.05) is 48.5 Å². The number of carbonyl (C=O) groups excluding carboxylic acids is 1. The molecule has 2 aromatic carbocycles. The van der Waals surface area contributed by atoms with Crippen LogP contribution in [0.5, 0.6) is 5.75 Å². The van der Waals surface area contributed by atoms with Crippen molar-refractivity contribution in [2.24, 2.45) is 0 Å². The second-order valence-corrected chi connectivity index (χ2v) is 5.30. The van der Waals surface area contributed by atoms with Crippen molar-refractivity contribution in [1.29, 1.82) is 0 Å². The first-order chi connectivity index (χ1) is 11.2. The molecule has 0 saturated carbocycles. The summed E-state index contributed by atoms with van der Waals surface area (Å²) < 4.78 is 10.9. The van der Waals surface area contributed by atoms with Crippen molar-refractivity contribution >= 4 is 22.5 Å². The third-order valence-corrected chi connectivity index (χ3v) is 3.56. The van der Waals surface area contributed by atoms with Gasteiger partial charge in [-0.3, -0.25) is 4.79 Å². The van der Waals surface area contributed by atoms with Gasteiger partial charge in [-0.05, 0) is 24.8 Å². The van der Waals surface area contributed by atoms with E-state index in [4.69, 9.17) is 9.26 Å². The molecule has 1 atom stereocenters. The first kappa shape index (κ1) is 15.1. The molecular weight excluding hydrogens is 292 g/mol. The zero-order valence-electron chi connectivity index (χ0n) is 13.1. The first-order valence-corrected chi connectivity index (χ1v) is 7.56. The van der Waals surface area contributed by atoms with Crippen molar-refractivity contribution in [2.75, 3.05) is 5.32 Å². The maximum Gasteiger partial charge on any atom is 0.266 e. The summed E-state index contributed by atoms with van der Waals surface area (Å²) in [4.78, 5) is 12.4. The highest BCUT2D eigenvalue weighted by Crippen LogP contribution is 2.26. The van der Waals surface area contributed by atoms with Gasteiger partial charge in [0.2, 0.25) is 0 Å². The molecule has 0 saturated heterocycles. The highest BCUT2D eigenvalue weighted by atomic mass is 16.5. The fourth-order valence-corrected chi connectivity index (χ4v) is 2.41. The molecule has 1 aromatic heterocycles. The van der Waals surface area contributed by atoms with Gasteiger partial charge >= 0.3 is 0 Å². The van der Waals surface area contributed by atoms with Crippen LogP contribution >= 0.6 is 0 Å². The van der Waals surface area contributed by atoms with Crippen LogP contribution < -0.4 is 10.1 Å². The molecule has 0 aliphatic rings. The lowest BCUT2D eigenvalue weighted by Crippen LogP contribution is -2.32. The molecule has 1 amide bonds. The van der Waals surface area contributed by atoms with Gasteiger partial charge in [0.15, 0.2) is 11.9 Å². The Kier molecular flexibility index (Phi) is 4.28. The molecule has 0 unspecified atom stereocenters. The average molecular weight is 310 g/mol. The summed E-state index contributed by atoms with van der Waals surface area (Å²) in [6.45, 7) is 3.68. The van der Waals surface area contributed by atoms with Crippen molar-refractivity contribution in [2.45, 2.75) is 26.4 Å². The number of benzene rings is 2. The predicted octanol–water partition coefficient (Wildman–Crippen LogP) is 3.93. The molecular formula is C18H18N2O3. The molecule has 1 N–H and O–H groups in total. The van der Waals surface area contributed by atoms with E-state index in [9.17, 15) is 4.79 Å². The van der Waals surface area contributed by atoms with E-state index >= 15 is 0 Å². The van der Waals surface area contributed by atoms with E-state index in [0.29, 0.717) is 23.7 Å². The fraction of sp³-hybridized carbons (Fsp3) is 0.222. The second-order valence-electron chi connectivity index (χ2n) is 5.30. The quantitative estimate of drug-likeness (QED) is 0.775. The van der Waals surface area contributed by atoms with Crippen LogP contribution in [-0.4, -0.2) is 17.2 Å². The predicted molar refractivity (Wildman–Crippen MR) is 88.5 cm³/mol. The van der Waals surface area contributed by atoms with Crippen molar-refractivity contribution in [3.8, 4) is 5.75 Å². The molecule has 0 aliphatic heterocycles. The van der Waals surface area contributed by atoms with Crippen molar-refractivity contribution in [3.63, 3.8) is 0 Å². The molecule has 3 rings (SSSR count). The Balaban J connectivity index is 1.79. The topological polar surface area (TPSA) is 64.4 Å². The van der Waals surface area contributed by atoms with Crippen LogP contribution in [0.15, 0.2) is 53.1 Å². The number of aromatic nitrogens is 1. The minimum atomic E-state index is -0.599. The van der Waals surface area contributed by atoms with Gasteiger partial charge in [-0.25, -0.2) is 0 Å². The molecule has 23 heavy (non-hydrogen) atoms. The Labute approximate surface area is 134 Å². The largest absolute Gasteiger partial charge is 0.480 e. The fourth-order valence-electron chi connectivity index (χ4n) is 2.41. The molecule has 0 spiro atoms. The monoisotopic (exact) mass is 310 g/mol. The Morgan fingerprint density at radius 3 is 2.78 bits per heavy atom. The van der Waals surface area contributed by atoms with E-state index in [1.807, 2.05) is 49.4 Å². The molecule has 0 radical (unpaired) electrons. The molecule has 118 valence electrons. The Hall–Kier alpha value is -2.82. The zero-order valence-corrected chi connectivity index (χ0v) is 13.1. The minimum Gasteiger partial charge on any atom is -0.480 e. The number of aryl methyl sites for hydroxylation is 1. The highest BCUT2D eigenvalue weighted by Gasteiger charge is 2.20. The van der Waals surface area contributed by atoms with Crippen LogP contribution in [0.2, 0.25) is 0 Å². The van der Waals surface area contributed by atoms with Crippen LogP contribution in [0.1, 0.15) is 19.1 Å². The normalized spacial score (nSPS) is 12.1. The summed E-state index contributed by atoms with van der Waals surface area (Å²) in [5.74, 6) is 1.49. The summed E-state index contributed by atoms with van der Waals surface area (Å²) in [5.41, 5.74) is 0. The second kappa shape index (κ2) is 6.52. The summed E-state index contributed by atoms with van der Waals surface area (Å²) in [5, 5.41) is 8.54. The number of fused-ring (bicyclic) bond motifs is 1. The lowest BCUT2D eigenvalue weighted by molar-refractivity contribution is -0.122. The third-order valence-electron chi connectivity index (χ3n) is 3.56. The van der Waals surface area contributed by atoms with Crippen LogP contribution in [0.4, 0.5) is 5.82 Å². The minimum absolute atomic E-state index is 0.242. The number of ether oxygens (including phenoxy) is 1. The first-order valence-electron chi connectivity index (χ1n) is 7.56. The molecule has 0 bridgehead atoms. The van der Waals surface area contributed by atoms with E-state index in [-0.39, 0.29) is 5.91 Å². The van der Waals surface area contributed by atoms with Crippen LogP contribution in [-0.2, 0) is 4.79 Å². The number of rotatable bonds is 5. The molecule has 1 heterocycles. The van der Waals surface area contributed by atoms with Crippen molar-refractivity contribution in [3.05, 3.63) is 54.3 Å². The van der Waals surface area contributed by atoms with Gasteiger partial charge in [0.1, 0.15) is 11.5 Å². The number of nitrogens with one attached hydrogen (secondary N) is 1. The molecule has 3 aromatic rings. The van der Waals surface area contributed by atoms with E-state index in [2.05, 4.69) is 10.5 Å². The van der Waals surface area contributed by atoms with Gasteiger partial charge in [0.05, 0.1) is 0 Å². The summed E-state index contributed by atoms with van der Waals surface area (Å²) in [6.07, 6.45) is -0.0517. The smallest absolute Gasteiger partial charge is 0.266 e. The molecule has 0 aliphatic carbocycles. The molecule has 5 heteroatoms. The third kappa shape index (κ3) is 3.34. The van der Waals surface area contributed by atoms with E-state index < -0.39 is 6.10 Å². The van der Waals surface area contributed by atoms with Crippen LogP contribution in [0, 0.1) is 6.92 Å². The number of hydrogen-bond acceptors (Lipinski definition) is 4. The Bertz CT molecular complexity index is 821. The number of amides is 1. The average Bonchev–Trinajstić information content (AvgIpc) is 2.97. The number of hydrogen-bond donors (Lipinski definition) is 1. The summed E-state index contributed by atoms with van der Waals surface area (Å²) in [7, 11) is 0. The lowest BCUT2D eigenvalue weighted by Gasteiger charge is -2.17. The number of nitrogens with zero attached hydrogens (tertiary/aromatic N) is 1. The van der Waals surface area contributed by atoms with E-state index in [1.165, 1.54) is 0 Å². The molecule has 0 fully saturated rings. The number of anilines is 1. The van der Waals surface area contributed by atoms with Gasteiger partial charge in [-0.15, -0.1) is 0 Å². The van der Waals surface area contributed by atoms with Gasteiger partial charge < -0.3 is 14.6 Å². The van der Waals surface area contributed by atoms with Crippen molar-refractivity contribution < 1.29 is 14.1 Å². The maximum atomic E-state index is 12.4.